The van der Waals surface area contributed by atoms with Gasteiger partial charge in [0, 0.05) is 6.92 Å². The second kappa shape index (κ2) is 6.07. The number of para-hydroxylation sites is 2. The van der Waals surface area contributed by atoms with Crippen LogP contribution in [0.2, 0.25) is 5.02 Å². The lowest BCUT2D eigenvalue weighted by Gasteiger charge is -2.22. The molecule has 4 rings (SSSR count). The van der Waals surface area contributed by atoms with Crippen molar-refractivity contribution in [1.29, 1.82) is 0 Å². The van der Waals surface area contributed by atoms with Crippen LogP contribution < -0.4 is 9.91 Å². The normalized spacial score (nSPS) is 21.8. The van der Waals surface area contributed by atoms with Crippen LogP contribution in [0.1, 0.15) is 6.92 Å². The Hall–Kier alpha value is -2.99. The quantitative estimate of drug-likeness (QED) is 0.782. The van der Waals surface area contributed by atoms with Crippen molar-refractivity contribution in [2.24, 2.45) is 11.0 Å². The van der Waals surface area contributed by atoms with Gasteiger partial charge in [-0.15, -0.1) is 0 Å². The Morgan fingerprint density at radius 1 is 1.00 bits per heavy atom. The maximum atomic E-state index is 13.1. The topological polar surface area (TPSA) is 70.1 Å². The van der Waals surface area contributed by atoms with Gasteiger partial charge in [-0.3, -0.25) is 19.4 Å². The molecule has 130 valence electrons. The Morgan fingerprint density at radius 3 is 2.31 bits per heavy atom. The van der Waals surface area contributed by atoms with Gasteiger partial charge >= 0.3 is 0 Å². The number of carbonyl (C=O) groups excluding carboxylic acids is 3. The van der Waals surface area contributed by atoms with Crippen LogP contribution in [0.3, 0.4) is 0 Å². The van der Waals surface area contributed by atoms with Gasteiger partial charge < -0.3 is 0 Å². The van der Waals surface area contributed by atoms with E-state index >= 15 is 0 Å². The molecule has 0 aliphatic carbocycles. The Labute approximate surface area is 154 Å². The van der Waals surface area contributed by atoms with Crippen LogP contribution in [-0.2, 0) is 14.4 Å². The number of benzene rings is 2. The predicted molar refractivity (Wildman–Crippen MR) is 98.3 cm³/mol. The predicted octanol–water partition coefficient (Wildman–Crippen LogP) is 2.66. The van der Waals surface area contributed by atoms with E-state index < -0.39 is 23.8 Å². The fourth-order valence-corrected chi connectivity index (χ4v) is 3.59. The molecule has 1 saturated heterocycles. The molecule has 7 heteroatoms. The summed E-state index contributed by atoms with van der Waals surface area (Å²) in [6.45, 7) is 1.35. The number of amides is 2. The number of fused-ring (bicyclic) bond motifs is 1. The lowest BCUT2D eigenvalue weighted by atomic mass is 9.95. The third-order valence-corrected chi connectivity index (χ3v) is 4.84. The molecular weight excluding hydrogens is 354 g/mol. The summed E-state index contributed by atoms with van der Waals surface area (Å²) in [6.07, 6.45) is 0. The number of halogens is 1. The van der Waals surface area contributed by atoms with Gasteiger partial charge in [0.2, 0.25) is 5.91 Å². The van der Waals surface area contributed by atoms with E-state index in [4.69, 9.17) is 11.6 Å². The molecular formula is C19H14ClN3O3. The van der Waals surface area contributed by atoms with Gasteiger partial charge in [-0.2, -0.15) is 5.10 Å². The van der Waals surface area contributed by atoms with Crippen molar-refractivity contribution in [2.75, 3.05) is 9.91 Å². The smallest absolute Gasteiger partial charge is 0.259 e. The summed E-state index contributed by atoms with van der Waals surface area (Å²) in [5.41, 5.74) is 1.04. The number of ketones is 1. The van der Waals surface area contributed by atoms with Crippen LogP contribution in [0.25, 0.3) is 0 Å². The second-order valence-electron chi connectivity index (χ2n) is 6.11. The highest BCUT2D eigenvalue weighted by Gasteiger charge is 2.58. The average Bonchev–Trinajstić information content (AvgIpc) is 3.15. The molecule has 1 fully saturated rings. The zero-order valence-electron chi connectivity index (χ0n) is 13.8. The highest BCUT2D eigenvalue weighted by atomic mass is 35.5. The molecule has 2 aliphatic rings. The molecule has 2 heterocycles. The van der Waals surface area contributed by atoms with E-state index in [1.54, 1.807) is 48.5 Å². The van der Waals surface area contributed by atoms with Gasteiger partial charge in [-0.1, -0.05) is 41.9 Å². The zero-order chi connectivity index (χ0) is 18.4. The molecule has 2 aliphatic heterocycles. The third-order valence-electron chi connectivity index (χ3n) is 4.52. The first-order valence-electron chi connectivity index (χ1n) is 8.06. The molecule has 0 aromatic heterocycles. The first-order valence-corrected chi connectivity index (χ1v) is 8.44. The first kappa shape index (κ1) is 16.5. The van der Waals surface area contributed by atoms with Crippen molar-refractivity contribution in [2.45, 2.75) is 13.0 Å². The van der Waals surface area contributed by atoms with Crippen LogP contribution in [0.4, 0.5) is 11.4 Å². The Kier molecular flexibility index (Phi) is 3.85. The number of hydrazone groups is 1. The van der Waals surface area contributed by atoms with Crippen LogP contribution >= 0.6 is 11.6 Å². The Morgan fingerprint density at radius 2 is 1.65 bits per heavy atom. The SMILES string of the molecule is CC(=O)C1=NN(c2ccccc2)[C@@H]2C(=O)N(c3ccccc3Cl)C(=O)[C@H]12. The molecule has 2 aromatic rings. The van der Waals surface area contributed by atoms with E-state index in [0.29, 0.717) is 16.4 Å². The fourth-order valence-electron chi connectivity index (χ4n) is 3.37. The number of rotatable bonds is 3. The largest absolute Gasteiger partial charge is 0.293 e. The minimum absolute atomic E-state index is 0.0896. The van der Waals surface area contributed by atoms with Crippen molar-refractivity contribution >= 4 is 46.3 Å². The van der Waals surface area contributed by atoms with Crippen molar-refractivity contribution in [3.05, 3.63) is 59.6 Å². The zero-order valence-corrected chi connectivity index (χ0v) is 14.6. The third kappa shape index (κ3) is 2.34. The van der Waals surface area contributed by atoms with Crippen molar-refractivity contribution < 1.29 is 14.4 Å². The van der Waals surface area contributed by atoms with E-state index in [1.807, 2.05) is 6.07 Å². The molecule has 0 saturated carbocycles. The van der Waals surface area contributed by atoms with E-state index in [-0.39, 0.29) is 11.5 Å². The van der Waals surface area contributed by atoms with Crippen molar-refractivity contribution in [3.8, 4) is 0 Å². The molecule has 0 unspecified atom stereocenters. The summed E-state index contributed by atoms with van der Waals surface area (Å²) in [5.74, 6) is -2.20. The molecule has 6 nitrogen and oxygen atoms in total. The lowest BCUT2D eigenvalue weighted by molar-refractivity contribution is -0.122. The highest BCUT2D eigenvalue weighted by molar-refractivity contribution is 6.49. The van der Waals surface area contributed by atoms with Gasteiger partial charge in [0.15, 0.2) is 5.78 Å². The van der Waals surface area contributed by atoms with E-state index in [9.17, 15) is 14.4 Å². The molecule has 26 heavy (non-hydrogen) atoms. The van der Waals surface area contributed by atoms with Crippen LogP contribution in [0.15, 0.2) is 59.7 Å². The molecule has 2 atom stereocenters. The number of carbonyl (C=O) groups is 3. The molecule has 0 bridgehead atoms. The summed E-state index contributed by atoms with van der Waals surface area (Å²) in [6, 6.07) is 14.7. The number of imide groups is 1. The summed E-state index contributed by atoms with van der Waals surface area (Å²) in [7, 11) is 0. The molecule has 2 amide bonds. The summed E-state index contributed by atoms with van der Waals surface area (Å²) < 4.78 is 0. The molecule has 0 radical (unpaired) electrons. The van der Waals surface area contributed by atoms with Gasteiger partial charge in [0.1, 0.15) is 17.7 Å². The van der Waals surface area contributed by atoms with E-state index in [0.717, 1.165) is 4.90 Å². The average molecular weight is 368 g/mol. The highest BCUT2D eigenvalue weighted by Crippen LogP contribution is 2.39. The summed E-state index contributed by atoms with van der Waals surface area (Å²) in [5, 5.41) is 6.04. The Bertz CT molecular complexity index is 958. The van der Waals surface area contributed by atoms with E-state index in [1.165, 1.54) is 11.9 Å². The number of nitrogens with zero attached hydrogens (tertiary/aromatic N) is 3. The molecule has 0 spiro atoms. The van der Waals surface area contributed by atoms with Crippen molar-refractivity contribution in [3.63, 3.8) is 0 Å². The summed E-state index contributed by atoms with van der Waals surface area (Å²) in [4.78, 5) is 39.3. The minimum atomic E-state index is -0.934. The lowest BCUT2D eigenvalue weighted by Crippen LogP contribution is -2.39. The Balaban J connectivity index is 1.83. The maximum Gasteiger partial charge on any atom is 0.259 e. The standard InChI is InChI=1S/C19H14ClN3O3/c1-11(24)16-15-17(23(21-16)12-7-3-2-4-8-12)19(26)22(18(15)25)14-10-6-5-9-13(14)20/h2-10,15,17H,1H3/t15-,17+/m1/s1. The van der Waals surface area contributed by atoms with Crippen molar-refractivity contribution in [1.82, 2.24) is 0 Å². The van der Waals surface area contributed by atoms with Crippen LogP contribution in [-0.4, -0.2) is 29.4 Å². The van der Waals surface area contributed by atoms with E-state index in [2.05, 4.69) is 5.10 Å². The van der Waals surface area contributed by atoms with Gasteiger partial charge in [-0.25, -0.2) is 4.90 Å². The monoisotopic (exact) mass is 367 g/mol. The number of anilines is 2. The van der Waals surface area contributed by atoms with Gasteiger partial charge in [0.25, 0.3) is 5.91 Å². The second-order valence-corrected chi connectivity index (χ2v) is 6.51. The minimum Gasteiger partial charge on any atom is -0.293 e. The van der Waals surface area contributed by atoms with Crippen LogP contribution in [0, 0.1) is 5.92 Å². The molecule has 0 N–H and O–H groups in total. The maximum absolute atomic E-state index is 13.1. The molecule has 2 aromatic carbocycles. The number of hydrogen-bond acceptors (Lipinski definition) is 5. The number of Topliss-reactive ketones (excluding diaryl/α,β-unsaturated/α-hetero) is 1. The van der Waals surface area contributed by atoms with Crippen LogP contribution in [0.5, 0.6) is 0 Å². The van der Waals surface area contributed by atoms with Gasteiger partial charge in [0.05, 0.1) is 16.4 Å². The first-order chi connectivity index (χ1) is 12.5. The number of hydrogen-bond donors (Lipinski definition) is 0. The summed E-state index contributed by atoms with van der Waals surface area (Å²) >= 11 is 6.19. The fraction of sp³-hybridized carbons (Fsp3) is 0.158. The van der Waals surface area contributed by atoms with Gasteiger partial charge in [-0.05, 0) is 24.3 Å².